The Kier molecular flexibility index (Phi) is 2.90. The number of nitrogens with zero attached hydrogens (tertiary/aromatic N) is 5. The van der Waals surface area contributed by atoms with Crippen molar-refractivity contribution in [1.29, 1.82) is 0 Å². The number of hydrogen-bond acceptors (Lipinski definition) is 5. The first-order valence-electron chi connectivity index (χ1n) is 6.58. The molecule has 0 amide bonds. The van der Waals surface area contributed by atoms with E-state index in [1.54, 1.807) is 24.1 Å². The molecule has 22 heavy (non-hydrogen) atoms. The highest BCUT2D eigenvalue weighted by Crippen LogP contribution is 2.29. The van der Waals surface area contributed by atoms with Gasteiger partial charge in [-0.25, -0.2) is 9.67 Å². The third-order valence-corrected chi connectivity index (χ3v) is 3.77. The van der Waals surface area contributed by atoms with E-state index in [1.807, 2.05) is 30.3 Å². The van der Waals surface area contributed by atoms with Crippen molar-refractivity contribution in [3.63, 3.8) is 0 Å². The number of ether oxygens (including phenoxy) is 1. The highest BCUT2D eigenvalue weighted by Gasteiger charge is 2.14. The van der Waals surface area contributed by atoms with Crippen LogP contribution in [-0.2, 0) is 0 Å². The molecule has 7 heteroatoms. The maximum Gasteiger partial charge on any atom is 0.213 e. The van der Waals surface area contributed by atoms with Gasteiger partial charge in [-0.05, 0) is 18.2 Å². The third kappa shape index (κ3) is 1.88. The van der Waals surface area contributed by atoms with E-state index < -0.39 is 0 Å². The lowest BCUT2D eigenvalue weighted by molar-refractivity contribution is 0.399. The summed E-state index contributed by atoms with van der Waals surface area (Å²) in [5.41, 5.74) is 3.53. The van der Waals surface area contributed by atoms with Gasteiger partial charge in [0.15, 0.2) is 0 Å². The number of fused-ring (bicyclic) bond motifs is 2. The summed E-state index contributed by atoms with van der Waals surface area (Å²) in [6.07, 6.45) is 1.67. The van der Waals surface area contributed by atoms with Crippen molar-refractivity contribution in [3.8, 4) is 11.6 Å². The standard InChI is InChI=1S/C15H10ClN5O/c1-22-13-7-6-10-15(18-13)14(16)12(8-17-10)21-11-5-3-2-4-9(11)19-20-21/h2-8H,1H3. The second kappa shape index (κ2) is 4.92. The fourth-order valence-electron chi connectivity index (χ4n) is 2.32. The fourth-order valence-corrected chi connectivity index (χ4v) is 2.58. The molecule has 3 aromatic heterocycles. The first-order chi connectivity index (χ1) is 10.8. The number of halogens is 1. The van der Waals surface area contributed by atoms with E-state index >= 15 is 0 Å². The van der Waals surface area contributed by atoms with Gasteiger partial charge in [-0.3, -0.25) is 4.98 Å². The van der Waals surface area contributed by atoms with E-state index in [4.69, 9.17) is 16.3 Å². The molecule has 0 spiro atoms. The van der Waals surface area contributed by atoms with Gasteiger partial charge in [0.1, 0.15) is 16.7 Å². The van der Waals surface area contributed by atoms with Gasteiger partial charge in [0.25, 0.3) is 0 Å². The minimum Gasteiger partial charge on any atom is -0.481 e. The Bertz CT molecular complexity index is 998. The summed E-state index contributed by atoms with van der Waals surface area (Å²) in [5, 5.41) is 8.75. The van der Waals surface area contributed by atoms with Crippen LogP contribution in [0.15, 0.2) is 42.6 Å². The van der Waals surface area contributed by atoms with Crippen molar-refractivity contribution in [2.24, 2.45) is 0 Å². The monoisotopic (exact) mass is 311 g/mol. The van der Waals surface area contributed by atoms with Crippen LogP contribution in [0.3, 0.4) is 0 Å². The first-order valence-corrected chi connectivity index (χ1v) is 6.96. The Morgan fingerprint density at radius 3 is 2.82 bits per heavy atom. The number of aromatic nitrogens is 5. The van der Waals surface area contributed by atoms with E-state index in [-0.39, 0.29) is 0 Å². The number of pyridine rings is 2. The van der Waals surface area contributed by atoms with Crippen molar-refractivity contribution >= 4 is 33.7 Å². The predicted octanol–water partition coefficient (Wildman–Crippen LogP) is 3.03. The molecule has 0 unspecified atom stereocenters. The molecule has 4 rings (SSSR count). The number of para-hydroxylation sites is 1. The van der Waals surface area contributed by atoms with Crippen LogP contribution in [0.2, 0.25) is 5.02 Å². The van der Waals surface area contributed by atoms with Gasteiger partial charge in [-0.2, -0.15) is 0 Å². The first kappa shape index (κ1) is 13.0. The topological polar surface area (TPSA) is 65.7 Å². The Labute approximate surface area is 130 Å². The highest BCUT2D eigenvalue weighted by atomic mass is 35.5. The van der Waals surface area contributed by atoms with Gasteiger partial charge in [0.05, 0.1) is 29.4 Å². The average molecular weight is 312 g/mol. The summed E-state index contributed by atoms with van der Waals surface area (Å²) in [6.45, 7) is 0. The molecule has 0 fully saturated rings. The van der Waals surface area contributed by atoms with E-state index in [2.05, 4.69) is 20.3 Å². The lowest BCUT2D eigenvalue weighted by atomic mass is 10.2. The molecular weight excluding hydrogens is 302 g/mol. The number of methoxy groups -OCH3 is 1. The van der Waals surface area contributed by atoms with Crippen molar-refractivity contribution < 1.29 is 4.74 Å². The van der Waals surface area contributed by atoms with Crippen LogP contribution in [-0.4, -0.2) is 32.1 Å². The van der Waals surface area contributed by atoms with E-state index in [9.17, 15) is 0 Å². The zero-order valence-electron chi connectivity index (χ0n) is 11.6. The van der Waals surface area contributed by atoms with Crippen molar-refractivity contribution in [1.82, 2.24) is 25.0 Å². The van der Waals surface area contributed by atoms with Gasteiger partial charge >= 0.3 is 0 Å². The zero-order valence-corrected chi connectivity index (χ0v) is 12.3. The van der Waals surface area contributed by atoms with Crippen LogP contribution in [0.25, 0.3) is 27.8 Å². The second-order valence-electron chi connectivity index (χ2n) is 4.67. The summed E-state index contributed by atoms with van der Waals surface area (Å²) in [7, 11) is 1.56. The van der Waals surface area contributed by atoms with Crippen LogP contribution >= 0.6 is 11.6 Å². The minimum absolute atomic E-state index is 0.458. The molecule has 1 aromatic carbocycles. The van der Waals surface area contributed by atoms with Gasteiger partial charge in [-0.1, -0.05) is 28.9 Å². The maximum absolute atomic E-state index is 6.52. The van der Waals surface area contributed by atoms with Crippen LogP contribution in [0, 0.1) is 0 Å². The minimum atomic E-state index is 0.458. The fraction of sp³-hybridized carbons (Fsp3) is 0.0667. The van der Waals surface area contributed by atoms with Gasteiger partial charge in [0, 0.05) is 6.07 Å². The number of rotatable bonds is 2. The van der Waals surface area contributed by atoms with Crippen molar-refractivity contribution in [2.75, 3.05) is 7.11 Å². The molecule has 0 bridgehead atoms. The molecule has 0 aliphatic heterocycles. The Balaban J connectivity index is 2.00. The van der Waals surface area contributed by atoms with E-state index in [0.29, 0.717) is 27.6 Å². The molecule has 0 radical (unpaired) electrons. The summed E-state index contributed by atoms with van der Waals surface area (Å²) in [4.78, 5) is 8.75. The summed E-state index contributed by atoms with van der Waals surface area (Å²) in [6, 6.07) is 11.2. The molecule has 0 aliphatic carbocycles. The lowest BCUT2D eigenvalue weighted by Crippen LogP contribution is -2.00. The summed E-state index contributed by atoms with van der Waals surface area (Å²) < 4.78 is 6.80. The van der Waals surface area contributed by atoms with Crippen LogP contribution in [0.1, 0.15) is 0 Å². The van der Waals surface area contributed by atoms with Gasteiger partial charge < -0.3 is 4.74 Å². The Hall–Kier alpha value is -2.73. The van der Waals surface area contributed by atoms with Crippen molar-refractivity contribution in [3.05, 3.63) is 47.6 Å². The smallest absolute Gasteiger partial charge is 0.213 e. The van der Waals surface area contributed by atoms with E-state index in [1.165, 1.54) is 0 Å². The Morgan fingerprint density at radius 2 is 1.95 bits per heavy atom. The van der Waals surface area contributed by atoms with Gasteiger partial charge in [0.2, 0.25) is 5.88 Å². The largest absolute Gasteiger partial charge is 0.481 e. The molecule has 6 nitrogen and oxygen atoms in total. The molecule has 0 saturated carbocycles. The molecule has 0 aliphatic rings. The summed E-state index contributed by atoms with van der Waals surface area (Å²) in [5.74, 6) is 0.483. The maximum atomic E-state index is 6.52. The molecule has 108 valence electrons. The molecule has 4 aromatic rings. The Morgan fingerprint density at radius 1 is 1.09 bits per heavy atom. The molecule has 0 atom stereocenters. The molecule has 0 saturated heterocycles. The molecule has 3 heterocycles. The van der Waals surface area contributed by atoms with Crippen LogP contribution < -0.4 is 4.74 Å². The number of benzene rings is 1. The van der Waals surface area contributed by atoms with E-state index in [0.717, 1.165) is 11.0 Å². The van der Waals surface area contributed by atoms with Crippen molar-refractivity contribution in [2.45, 2.75) is 0 Å². The van der Waals surface area contributed by atoms with Gasteiger partial charge in [-0.15, -0.1) is 5.10 Å². The SMILES string of the molecule is COc1ccc2ncc(-n3nnc4ccccc43)c(Cl)c2n1. The normalized spacial score (nSPS) is 11.2. The predicted molar refractivity (Wildman–Crippen MR) is 83.5 cm³/mol. The molecular formula is C15H10ClN5O. The number of hydrogen-bond donors (Lipinski definition) is 0. The van der Waals surface area contributed by atoms with Crippen LogP contribution in [0.4, 0.5) is 0 Å². The average Bonchev–Trinajstić information content (AvgIpc) is 2.99. The summed E-state index contributed by atoms with van der Waals surface area (Å²) >= 11 is 6.52. The molecule has 0 N–H and O–H groups in total. The highest BCUT2D eigenvalue weighted by molar-refractivity contribution is 6.36. The van der Waals surface area contributed by atoms with Crippen LogP contribution in [0.5, 0.6) is 5.88 Å². The second-order valence-corrected chi connectivity index (χ2v) is 5.05. The quantitative estimate of drug-likeness (QED) is 0.569. The lowest BCUT2D eigenvalue weighted by Gasteiger charge is -2.08. The third-order valence-electron chi connectivity index (χ3n) is 3.40. The zero-order chi connectivity index (χ0) is 15.1.